The number of hydrogen-bond donors (Lipinski definition) is 3. The summed E-state index contributed by atoms with van der Waals surface area (Å²) in [6, 6.07) is 13.4. The van der Waals surface area contributed by atoms with Gasteiger partial charge >= 0.3 is 12.0 Å². The molecular formula is C26H32N4O4. The Bertz CT molecular complexity index is 1190. The topological polar surface area (TPSA) is 95.7 Å². The van der Waals surface area contributed by atoms with E-state index in [4.69, 9.17) is 9.47 Å². The van der Waals surface area contributed by atoms with Crippen LogP contribution in [0.3, 0.4) is 0 Å². The van der Waals surface area contributed by atoms with Gasteiger partial charge in [0, 0.05) is 36.1 Å². The average molecular weight is 465 g/mol. The number of aromatic amines is 1. The van der Waals surface area contributed by atoms with E-state index >= 15 is 0 Å². The van der Waals surface area contributed by atoms with Crippen molar-refractivity contribution >= 4 is 34.1 Å². The van der Waals surface area contributed by atoms with Crippen molar-refractivity contribution in [1.82, 2.24) is 9.88 Å². The van der Waals surface area contributed by atoms with Crippen LogP contribution in [0.2, 0.25) is 0 Å². The highest BCUT2D eigenvalue weighted by atomic mass is 16.5. The number of rotatable bonds is 5. The molecule has 0 spiro atoms. The molecule has 0 radical (unpaired) electrons. The number of fused-ring (bicyclic) bond motifs is 1. The number of hydrogen-bond acceptors (Lipinski definition) is 5. The summed E-state index contributed by atoms with van der Waals surface area (Å²) in [6.07, 6.45) is 0. The van der Waals surface area contributed by atoms with Crippen LogP contribution >= 0.6 is 0 Å². The van der Waals surface area contributed by atoms with E-state index < -0.39 is 12.0 Å². The normalized spacial score (nSPS) is 14.7. The van der Waals surface area contributed by atoms with E-state index in [0.717, 1.165) is 49.3 Å². The molecule has 8 heteroatoms. The molecule has 1 aliphatic heterocycles. The lowest BCUT2D eigenvalue weighted by Crippen LogP contribution is -2.35. The van der Waals surface area contributed by atoms with Gasteiger partial charge in [-0.05, 0) is 23.1 Å². The van der Waals surface area contributed by atoms with Crippen LogP contribution in [0, 0.1) is 0 Å². The molecule has 3 aromatic rings. The monoisotopic (exact) mass is 464 g/mol. The molecule has 0 aliphatic carbocycles. The third-order valence-electron chi connectivity index (χ3n) is 6.02. The van der Waals surface area contributed by atoms with E-state index in [1.165, 1.54) is 12.7 Å². The maximum absolute atomic E-state index is 12.9. The molecule has 0 unspecified atom stereocenters. The minimum atomic E-state index is -0.538. The number of esters is 1. The van der Waals surface area contributed by atoms with Crippen LogP contribution in [-0.2, 0) is 21.4 Å². The third kappa shape index (κ3) is 5.24. The predicted molar refractivity (Wildman–Crippen MR) is 134 cm³/mol. The molecule has 2 heterocycles. The van der Waals surface area contributed by atoms with E-state index in [-0.39, 0.29) is 11.1 Å². The second kappa shape index (κ2) is 9.87. The standard InChI is InChI=1S/C26H32N4O4/c1-26(2,3)22-15-21(23(29-22)24(31)33-4)28-25(32)27-20-10-9-17(16-30-11-13-34-14-12-30)18-7-5-6-8-19(18)20/h5-10,15,29H,11-14,16H2,1-4H3,(H2,27,28,32). The molecule has 0 saturated carbocycles. The number of benzene rings is 2. The third-order valence-corrected chi connectivity index (χ3v) is 6.02. The highest BCUT2D eigenvalue weighted by Crippen LogP contribution is 2.30. The average Bonchev–Trinajstić information content (AvgIpc) is 3.25. The number of morpholine rings is 1. The fourth-order valence-electron chi connectivity index (χ4n) is 4.10. The molecule has 0 bridgehead atoms. The fraction of sp³-hybridized carbons (Fsp3) is 0.385. The van der Waals surface area contributed by atoms with Gasteiger partial charge in [-0.15, -0.1) is 0 Å². The lowest BCUT2D eigenvalue weighted by Gasteiger charge is -2.27. The van der Waals surface area contributed by atoms with Gasteiger partial charge in [0.2, 0.25) is 0 Å². The highest BCUT2D eigenvalue weighted by molar-refractivity contribution is 6.08. The molecule has 2 amide bonds. The van der Waals surface area contributed by atoms with E-state index in [1.807, 2.05) is 45.0 Å². The zero-order chi connectivity index (χ0) is 24.3. The lowest BCUT2D eigenvalue weighted by molar-refractivity contribution is 0.0343. The van der Waals surface area contributed by atoms with Gasteiger partial charge in [-0.25, -0.2) is 9.59 Å². The van der Waals surface area contributed by atoms with Crippen LogP contribution in [0.4, 0.5) is 16.2 Å². The van der Waals surface area contributed by atoms with Crippen molar-refractivity contribution in [1.29, 1.82) is 0 Å². The molecule has 1 fully saturated rings. The van der Waals surface area contributed by atoms with E-state index in [9.17, 15) is 9.59 Å². The van der Waals surface area contributed by atoms with Crippen molar-refractivity contribution in [2.45, 2.75) is 32.7 Å². The van der Waals surface area contributed by atoms with Crippen LogP contribution in [-0.4, -0.2) is 55.3 Å². The molecule has 34 heavy (non-hydrogen) atoms. The largest absolute Gasteiger partial charge is 0.464 e. The van der Waals surface area contributed by atoms with Crippen molar-refractivity contribution < 1.29 is 19.1 Å². The number of ether oxygens (including phenoxy) is 2. The Labute approximate surface area is 199 Å². The highest BCUT2D eigenvalue weighted by Gasteiger charge is 2.24. The number of anilines is 2. The zero-order valence-corrected chi connectivity index (χ0v) is 20.2. The van der Waals surface area contributed by atoms with Gasteiger partial charge in [0.15, 0.2) is 0 Å². The summed E-state index contributed by atoms with van der Waals surface area (Å²) in [7, 11) is 1.31. The fourth-order valence-corrected chi connectivity index (χ4v) is 4.10. The second-order valence-electron chi connectivity index (χ2n) is 9.50. The van der Waals surface area contributed by atoms with Crippen molar-refractivity contribution in [3.05, 3.63) is 59.4 Å². The Hall–Kier alpha value is -3.36. The number of H-pyrrole nitrogens is 1. The summed E-state index contributed by atoms with van der Waals surface area (Å²) in [4.78, 5) is 30.7. The van der Waals surface area contributed by atoms with Gasteiger partial charge in [-0.1, -0.05) is 51.1 Å². The van der Waals surface area contributed by atoms with E-state index in [1.54, 1.807) is 6.07 Å². The molecule has 180 valence electrons. The van der Waals surface area contributed by atoms with Crippen LogP contribution in [0.1, 0.15) is 42.5 Å². The van der Waals surface area contributed by atoms with Crippen LogP contribution in [0.25, 0.3) is 10.8 Å². The quantitative estimate of drug-likeness (QED) is 0.475. The Balaban J connectivity index is 1.56. The molecule has 2 aromatic carbocycles. The van der Waals surface area contributed by atoms with Crippen molar-refractivity contribution in [3.63, 3.8) is 0 Å². The van der Waals surface area contributed by atoms with Gasteiger partial charge in [-0.3, -0.25) is 4.90 Å². The number of nitrogens with zero attached hydrogens (tertiary/aromatic N) is 1. The number of urea groups is 1. The van der Waals surface area contributed by atoms with Crippen LogP contribution in [0.5, 0.6) is 0 Å². The minimum absolute atomic E-state index is 0.216. The number of amides is 2. The number of methoxy groups -OCH3 is 1. The Morgan fingerprint density at radius 3 is 2.38 bits per heavy atom. The lowest BCUT2D eigenvalue weighted by atomic mass is 9.92. The van der Waals surface area contributed by atoms with Gasteiger partial charge in [0.25, 0.3) is 0 Å². The van der Waals surface area contributed by atoms with Crippen molar-refractivity contribution in [2.75, 3.05) is 44.0 Å². The molecule has 0 atom stereocenters. The van der Waals surface area contributed by atoms with Gasteiger partial charge in [0.1, 0.15) is 5.69 Å². The molecule has 1 aliphatic rings. The SMILES string of the molecule is COC(=O)c1[nH]c(C(C)(C)C)cc1NC(=O)Nc1ccc(CN2CCOCC2)c2ccccc12. The zero-order valence-electron chi connectivity index (χ0n) is 20.2. The number of carbonyl (C=O) groups is 2. The molecular weight excluding hydrogens is 432 g/mol. The van der Waals surface area contributed by atoms with Gasteiger partial charge in [-0.2, -0.15) is 0 Å². The summed E-state index contributed by atoms with van der Waals surface area (Å²) in [5.41, 5.74) is 3.09. The van der Waals surface area contributed by atoms with Crippen LogP contribution in [0.15, 0.2) is 42.5 Å². The van der Waals surface area contributed by atoms with Crippen molar-refractivity contribution in [3.8, 4) is 0 Å². The number of carbonyl (C=O) groups excluding carboxylic acids is 2. The smallest absolute Gasteiger partial charge is 0.356 e. The molecule has 4 rings (SSSR count). The Morgan fingerprint density at radius 2 is 1.71 bits per heavy atom. The maximum Gasteiger partial charge on any atom is 0.356 e. The first-order valence-electron chi connectivity index (χ1n) is 11.5. The van der Waals surface area contributed by atoms with Crippen LogP contribution < -0.4 is 10.6 Å². The van der Waals surface area contributed by atoms with E-state index in [0.29, 0.717) is 11.4 Å². The minimum Gasteiger partial charge on any atom is -0.464 e. The van der Waals surface area contributed by atoms with Crippen molar-refractivity contribution in [2.24, 2.45) is 0 Å². The first-order valence-corrected chi connectivity index (χ1v) is 11.5. The maximum atomic E-state index is 12.9. The molecule has 8 nitrogen and oxygen atoms in total. The van der Waals surface area contributed by atoms with Gasteiger partial charge in [0.05, 0.1) is 31.7 Å². The molecule has 1 aromatic heterocycles. The summed E-state index contributed by atoms with van der Waals surface area (Å²) in [5, 5.41) is 7.81. The summed E-state index contributed by atoms with van der Waals surface area (Å²) in [6.45, 7) is 10.2. The number of aromatic nitrogens is 1. The number of nitrogens with one attached hydrogen (secondary N) is 3. The summed E-state index contributed by atoms with van der Waals surface area (Å²) < 4.78 is 10.3. The Kier molecular flexibility index (Phi) is 6.90. The second-order valence-corrected chi connectivity index (χ2v) is 9.50. The first kappa shape index (κ1) is 23.8. The van der Waals surface area contributed by atoms with E-state index in [2.05, 4.69) is 32.7 Å². The first-order chi connectivity index (χ1) is 16.3. The molecule has 3 N–H and O–H groups in total. The Morgan fingerprint density at radius 1 is 1.03 bits per heavy atom. The van der Waals surface area contributed by atoms with Gasteiger partial charge < -0.3 is 25.1 Å². The summed E-state index contributed by atoms with van der Waals surface area (Å²) in [5.74, 6) is -0.538. The summed E-state index contributed by atoms with van der Waals surface area (Å²) >= 11 is 0. The molecule has 1 saturated heterocycles. The predicted octanol–water partition coefficient (Wildman–Crippen LogP) is 4.73.